The van der Waals surface area contributed by atoms with Crippen LogP contribution in [-0.2, 0) is 65.4 Å². The van der Waals surface area contributed by atoms with Gasteiger partial charge in [0.2, 0.25) is 0 Å². The molecule has 0 aromatic carbocycles. The zero-order valence-corrected chi connectivity index (χ0v) is 66.8. The second-order valence-electron chi connectivity index (χ2n) is 28.6. The third kappa shape index (κ3) is 75.1. The molecule has 0 heterocycles. The van der Waals surface area contributed by atoms with Gasteiger partial charge in [-0.15, -0.1) is 0 Å². The van der Waals surface area contributed by atoms with E-state index < -0.39 is 97.5 Å². The fourth-order valence-corrected chi connectivity index (χ4v) is 13.3. The molecule has 0 rings (SSSR count). The summed E-state index contributed by atoms with van der Waals surface area (Å²) in [6, 6.07) is 0. The molecule has 0 spiro atoms. The predicted molar refractivity (Wildman–Crippen MR) is 413 cm³/mol. The lowest BCUT2D eigenvalue weighted by Gasteiger charge is -2.21. The summed E-state index contributed by atoms with van der Waals surface area (Å²) in [7, 11) is -9.94. The highest BCUT2D eigenvalue weighted by Crippen LogP contribution is 2.45. The molecule has 19 heteroatoms. The minimum Gasteiger partial charge on any atom is -0.462 e. The lowest BCUT2D eigenvalue weighted by Crippen LogP contribution is -2.30. The van der Waals surface area contributed by atoms with Crippen molar-refractivity contribution < 1.29 is 80.2 Å². The van der Waals surface area contributed by atoms with Crippen molar-refractivity contribution in [1.82, 2.24) is 0 Å². The molecule has 0 aliphatic rings. The van der Waals surface area contributed by atoms with E-state index in [1.54, 1.807) is 0 Å². The van der Waals surface area contributed by atoms with Gasteiger partial charge in [-0.05, 0) is 83.0 Å². The van der Waals surface area contributed by atoms with Crippen LogP contribution in [0.4, 0.5) is 0 Å². The third-order valence-electron chi connectivity index (χ3n) is 18.0. The number of rotatable bonds is 78. The molecule has 101 heavy (non-hydrogen) atoms. The van der Waals surface area contributed by atoms with Crippen LogP contribution >= 0.6 is 15.6 Å². The first-order chi connectivity index (χ1) is 49.0. The predicted octanol–water partition coefficient (Wildman–Crippen LogP) is 23.9. The van der Waals surface area contributed by atoms with E-state index in [2.05, 4.69) is 83.2 Å². The van der Waals surface area contributed by atoms with Crippen LogP contribution in [0.25, 0.3) is 0 Å². The standard InChI is InChI=1S/C82H152O17P2/c1-6-9-12-15-18-21-24-27-30-31-32-33-34-35-36-39-42-45-48-51-58-63-67-81(86)98-77(71-92-79(84)65-60-55-49-46-43-40-37-28-25-22-19-16-13-10-7-2)73-96-100(88,89)94-69-76(83)70-95-101(90,91)97-74-78(72-93-80(85)66-61-56-53-52-54-59-64-75(4)5)99-82(87)68-62-57-50-47-44-41-38-29-26-23-20-17-14-11-8-3/h22-23,25-26,28-29,37-38,75-78,83H,6-21,24,27,30-36,39-74H2,1-5H3,(H,88,89)(H,90,91)/b25-22-,26-23-,37-28-,38-29-/t76-,77-,78-/m1/s1. The van der Waals surface area contributed by atoms with Crippen molar-refractivity contribution in [3.8, 4) is 0 Å². The molecule has 17 nitrogen and oxygen atoms in total. The zero-order valence-electron chi connectivity index (χ0n) is 65.0. The van der Waals surface area contributed by atoms with Crippen molar-refractivity contribution >= 4 is 39.5 Å². The summed E-state index contributed by atoms with van der Waals surface area (Å²) in [6.45, 7) is 7.10. The van der Waals surface area contributed by atoms with Crippen LogP contribution in [0, 0.1) is 5.92 Å². The van der Waals surface area contributed by atoms with Crippen molar-refractivity contribution in [2.75, 3.05) is 39.6 Å². The summed E-state index contributed by atoms with van der Waals surface area (Å²) in [4.78, 5) is 72.9. The molecule has 0 radical (unpaired) electrons. The lowest BCUT2D eigenvalue weighted by atomic mass is 10.0. The number of ether oxygens (including phenoxy) is 4. The molecule has 0 aromatic rings. The average molecular weight is 1470 g/mol. The van der Waals surface area contributed by atoms with E-state index in [-0.39, 0.29) is 25.7 Å². The average Bonchev–Trinajstić information content (AvgIpc) is 0.934. The van der Waals surface area contributed by atoms with Gasteiger partial charge in [0.15, 0.2) is 12.2 Å². The lowest BCUT2D eigenvalue weighted by molar-refractivity contribution is -0.161. The Morgan fingerprint density at radius 2 is 0.535 bits per heavy atom. The molecule has 0 aliphatic heterocycles. The summed E-state index contributed by atoms with van der Waals surface area (Å²) in [5.41, 5.74) is 0. The number of carbonyl (C=O) groups is 4. The quantitative estimate of drug-likeness (QED) is 0.0169. The first-order valence-corrected chi connectivity index (χ1v) is 44.3. The van der Waals surface area contributed by atoms with Crippen LogP contribution < -0.4 is 0 Å². The number of aliphatic hydroxyl groups excluding tert-OH is 1. The monoisotopic (exact) mass is 1470 g/mol. The summed E-state index contributed by atoms with van der Waals surface area (Å²) < 4.78 is 68.6. The summed E-state index contributed by atoms with van der Waals surface area (Å²) in [6.07, 6.45) is 71.3. The molecule has 0 fully saturated rings. The van der Waals surface area contributed by atoms with Crippen LogP contribution in [0.2, 0.25) is 0 Å². The molecular weight excluding hydrogens is 1320 g/mol. The summed E-state index contributed by atoms with van der Waals surface area (Å²) in [5.74, 6) is -1.50. The van der Waals surface area contributed by atoms with Crippen molar-refractivity contribution in [2.24, 2.45) is 5.92 Å². The Labute approximate surface area is 617 Å². The Morgan fingerprint density at radius 1 is 0.307 bits per heavy atom. The molecule has 0 saturated heterocycles. The second kappa shape index (κ2) is 73.9. The van der Waals surface area contributed by atoms with Crippen LogP contribution in [-0.4, -0.2) is 96.7 Å². The maximum atomic E-state index is 13.1. The normalized spacial score (nSPS) is 14.1. The summed E-state index contributed by atoms with van der Waals surface area (Å²) in [5, 5.41) is 10.6. The van der Waals surface area contributed by atoms with E-state index in [1.165, 1.54) is 173 Å². The molecule has 0 aliphatic carbocycles. The molecule has 0 amide bonds. The first kappa shape index (κ1) is 98.0. The van der Waals surface area contributed by atoms with Crippen LogP contribution in [0.3, 0.4) is 0 Å². The zero-order chi connectivity index (χ0) is 74.1. The van der Waals surface area contributed by atoms with Crippen LogP contribution in [0.15, 0.2) is 48.6 Å². The third-order valence-corrected chi connectivity index (χ3v) is 19.9. The number of esters is 4. The van der Waals surface area contributed by atoms with Gasteiger partial charge in [0.1, 0.15) is 19.3 Å². The Hall–Kier alpha value is -2.98. The van der Waals surface area contributed by atoms with Gasteiger partial charge in [-0.2, -0.15) is 0 Å². The van der Waals surface area contributed by atoms with Gasteiger partial charge >= 0.3 is 39.5 Å². The number of phosphoric acid groups is 2. The van der Waals surface area contributed by atoms with Gasteiger partial charge in [-0.3, -0.25) is 37.3 Å². The van der Waals surface area contributed by atoms with E-state index in [0.29, 0.717) is 31.6 Å². The van der Waals surface area contributed by atoms with Crippen molar-refractivity contribution in [3.05, 3.63) is 48.6 Å². The minimum atomic E-state index is -4.97. The Morgan fingerprint density at radius 3 is 0.812 bits per heavy atom. The molecular formula is C82H152O17P2. The van der Waals surface area contributed by atoms with Crippen molar-refractivity contribution in [2.45, 2.75) is 406 Å². The molecule has 2 unspecified atom stereocenters. The fraction of sp³-hybridized carbons (Fsp3) is 0.854. The Bertz CT molecular complexity index is 2120. The van der Waals surface area contributed by atoms with Crippen molar-refractivity contribution in [1.29, 1.82) is 0 Å². The SMILES string of the molecule is CCCCCC/C=C\C=C/CCCCCCCC(=O)OC[C@H](COP(=O)(O)OC[C@@H](O)COP(=O)(O)OC[C@@H](COC(=O)CCCCCCCCC(C)C)OC(=O)CCCCCCC/C=C\C=C/CCCCCC)OC(=O)CCCCCCCCCCCCCCCCCCCCCCCC. The first-order valence-electron chi connectivity index (χ1n) is 41.3. The molecule has 0 bridgehead atoms. The highest BCUT2D eigenvalue weighted by molar-refractivity contribution is 7.47. The van der Waals surface area contributed by atoms with Gasteiger partial charge < -0.3 is 33.8 Å². The maximum Gasteiger partial charge on any atom is 0.472 e. The van der Waals surface area contributed by atoms with E-state index in [9.17, 15) is 43.2 Å². The number of phosphoric ester groups is 2. The number of aliphatic hydroxyl groups is 1. The van der Waals surface area contributed by atoms with Gasteiger partial charge in [0.05, 0.1) is 26.4 Å². The molecule has 0 aromatic heterocycles. The van der Waals surface area contributed by atoms with Gasteiger partial charge in [-0.25, -0.2) is 9.13 Å². The smallest absolute Gasteiger partial charge is 0.462 e. The van der Waals surface area contributed by atoms with Gasteiger partial charge in [0, 0.05) is 25.7 Å². The van der Waals surface area contributed by atoms with Gasteiger partial charge in [0.25, 0.3) is 0 Å². The number of unbranched alkanes of at least 4 members (excludes halogenated alkanes) is 44. The van der Waals surface area contributed by atoms with Crippen LogP contribution in [0.1, 0.15) is 388 Å². The number of carbonyl (C=O) groups excluding carboxylic acids is 4. The van der Waals surface area contributed by atoms with E-state index in [1.807, 2.05) is 0 Å². The molecule has 0 saturated carbocycles. The second-order valence-corrected chi connectivity index (χ2v) is 31.5. The Kier molecular flexibility index (Phi) is 71.7. The fourth-order valence-electron chi connectivity index (χ4n) is 11.7. The molecule has 5 atom stereocenters. The molecule has 3 N–H and O–H groups in total. The molecule has 592 valence electrons. The van der Waals surface area contributed by atoms with Crippen LogP contribution in [0.5, 0.6) is 0 Å². The van der Waals surface area contributed by atoms with Gasteiger partial charge in [-0.1, -0.05) is 334 Å². The highest BCUT2D eigenvalue weighted by atomic mass is 31.2. The largest absolute Gasteiger partial charge is 0.472 e. The van der Waals surface area contributed by atoms with Crippen molar-refractivity contribution in [3.63, 3.8) is 0 Å². The Balaban J connectivity index is 5.26. The van der Waals surface area contributed by atoms with E-state index in [4.69, 9.17) is 37.0 Å². The number of hydrogen-bond acceptors (Lipinski definition) is 15. The number of allylic oxidation sites excluding steroid dienone is 8. The van der Waals surface area contributed by atoms with E-state index >= 15 is 0 Å². The topological polar surface area (TPSA) is 237 Å². The summed E-state index contributed by atoms with van der Waals surface area (Å²) >= 11 is 0. The maximum absolute atomic E-state index is 13.1. The number of hydrogen-bond donors (Lipinski definition) is 3. The minimum absolute atomic E-state index is 0.0819. The highest BCUT2D eigenvalue weighted by Gasteiger charge is 2.30. The van der Waals surface area contributed by atoms with E-state index in [0.717, 1.165) is 128 Å².